The van der Waals surface area contributed by atoms with Gasteiger partial charge in [0.05, 0.1) is 29.5 Å². The van der Waals surface area contributed by atoms with E-state index in [1.165, 1.54) is 0 Å². The SMILES string of the molecule is Cc1ccc(CS(=O)O)cc1-c1cnc2c(N)nc(C(=O)Nc3ccc(N4CCN(C)CC4)cn3)cn12. The van der Waals surface area contributed by atoms with Gasteiger partial charge in [0.2, 0.25) is 0 Å². The third kappa shape index (κ3) is 5.31. The molecule has 1 saturated heterocycles. The highest BCUT2D eigenvalue weighted by Gasteiger charge is 2.18. The molecule has 0 aliphatic carbocycles. The molecule has 11 nitrogen and oxygen atoms in total. The first-order valence-electron chi connectivity index (χ1n) is 11.8. The molecule has 4 N–H and O–H groups in total. The highest BCUT2D eigenvalue weighted by Crippen LogP contribution is 2.28. The number of fused-ring (bicyclic) bond motifs is 1. The number of imidazole rings is 1. The van der Waals surface area contributed by atoms with Crippen LogP contribution in [0.15, 0.2) is 48.9 Å². The Morgan fingerprint density at radius 3 is 2.62 bits per heavy atom. The molecule has 0 bridgehead atoms. The summed E-state index contributed by atoms with van der Waals surface area (Å²) in [5.41, 5.74) is 10.9. The van der Waals surface area contributed by atoms with Gasteiger partial charge in [-0.1, -0.05) is 12.1 Å². The number of pyridine rings is 1. The van der Waals surface area contributed by atoms with E-state index in [1.807, 2.05) is 31.2 Å². The van der Waals surface area contributed by atoms with Crippen LogP contribution in [-0.2, 0) is 16.8 Å². The van der Waals surface area contributed by atoms with Crippen LogP contribution in [0.4, 0.5) is 17.3 Å². The van der Waals surface area contributed by atoms with Crippen LogP contribution < -0.4 is 16.0 Å². The molecular formula is C25H28N8O3S. The van der Waals surface area contributed by atoms with Crippen molar-refractivity contribution in [3.8, 4) is 11.3 Å². The lowest BCUT2D eigenvalue weighted by molar-refractivity contribution is 0.102. The number of likely N-dealkylation sites (N-methyl/N-ethyl adjacent to an activating group) is 1. The summed E-state index contributed by atoms with van der Waals surface area (Å²) >= 11 is -1.96. The Kier molecular flexibility index (Phi) is 6.87. The number of nitrogens with zero attached hydrogens (tertiary/aromatic N) is 6. The lowest BCUT2D eigenvalue weighted by atomic mass is 10.0. The molecular weight excluding hydrogens is 492 g/mol. The van der Waals surface area contributed by atoms with Gasteiger partial charge in [-0.2, -0.15) is 0 Å². The highest BCUT2D eigenvalue weighted by atomic mass is 32.2. The average molecular weight is 521 g/mol. The lowest BCUT2D eigenvalue weighted by Crippen LogP contribution is -2.44. The molecule has 1 aliphatic heterocycles. The van der Waals surface area contributed by atoms with E-state index in [-0.39, 0.29) is 17.3 Å². The third-order valence-corrected chi connectivity index (χ3v) is 7.06. The molecule has 12 heteroatoms. The van der Waals surface area contributed by atoms with Gasteiger partial charge in [0, 0.05) is 37.9 Å². The smallest absolute Gasteiger partial charge is 0.277 e. The number of anilines is 3. The molecule has 0 spiro atoms. The molecule has 1 aliphatic rings. The summed E-state index contributed by atoms with van der Waals surface area (Å²) in [6.07, 6.45) is 4.99. The standard InChI is InChI=1S/C25H28N8O3S/c1-16-3-4-17(15-37(35)36)11-19(16)21-13-28-24-23(26)29-20(14-33(21)24)25(34)30-22-6-5-18(12-27-22)32-9-7-31(2)8-10-32/h3-6,11-14H,7-10,15H2,1-2H3,(H2,26,29)(H,35,36)(H,27,30,34). The summed E-state index contributed by atoms with van der Waals surface area (Å²) in [4.78, 5) is 30.7. The Labute approximate surface area is 216 Å². The number of aromatic nitrogens is 4. The number of aryl methyl sites for hydroxylation is 1. The van der Waals surface area contributed by atoms with Gasteiger partial charge in [0.1, 0.15) is 11.5 Å². The number of benzene rings is 1. The lowest BCUT2D eigenvalue weighted by Gasteiger charge is -2.33. The Hall–Kier alpha value is -3.87. The van der Waals surface area contributed by atoms with E-state index < -0.39 is 17.0 Å². The summed E-state index contributed by atoms with van der Waals surface area (Å²) in [5.74, 6) is 0.0913. The van der Waals surface area contributed by atoms with E-state index in [2.05, 4.69) is 37.1 Å². The average Bonchev–Trinajstić information content (AvgIpc) is 3.30. The number of nitrogens with one attached hydrogen (secondary N) is 1. The summed E-state index contributed by atoms with van der Waals surface area (Å²) in [5, 5.41) is 2.79. The molecule has 0 saturated carbocycles. The molecule has 37 heavy (non-hydrogen) atoms. The molecule has 0 radical (unpaired) electrons. The van der Waals surface area contributed by atoms with Gasteiger partial charge in [-0.15, -0.1) is 0 Å². The van der Waals surface area contributed by atoms with Crippen molar-refractivity contribution in [3.05, 3.63) is 65.7 Å². The molecule has 1 atom stereocenters. The predicted octanol–water partition coefficient (Wildman–Crippen LogP) is 2.41. The van der Waals surface area contributed by atoms with Crippen molar-refractivity contribution in [1.82, 2.24) is 24.3 Å². The zero-order chi connectivity index (χ0) is 26.1. The molecule has 5 rings (SSSR count). The van der Waals surface area contributed by atoms with E-state index in [1.54, 1.807) is 29.1 Å². The maximum Gasteiger partial charge on any atom is 0.277 e. The van der Waals surface area contributed by atoms with Crippen molar-refractivity contribution < 1.29 is 13.6 Å². The monoisotopic (exact) mass is 520 g/mol. The first-order chi connectivity index (χ1) is 17.8. The van der Waals surface area contributed by atoms with Crippen LogP contribution in [0.1, 0.15) is 21.6 Å². The van der Waals surface area contributed by atoms with E-state index in [0.29, 0.717) is 22.7 Å². The summed E-state index contributed by atoms with van der Waals surface area (Å²) < 4.78 is 22.3. The minimum atomic E-state index is -1.96. The number of carbonyl (C=O) groups is 1. The first-order valence-corrected chi connectivity index (χ1v) is 13.1. The predicted molar refractivity (Wildman–Crippen MR) is 144 cm³/mol. The number of nitrogen functional groups attached to an aromatic ring is 1. The van der Waals surface area contributed by atoms with E-state index in [0.717, 1.165) is 43.0 Å². The Balaban J connectivity index is 1.40. The van der Waals surface area contributed by atoms with Crippen LogP contribution in [0.25, 0.3) is 16.9 Å². The van der Waals surface area contributed by atoms with Crippen LogP contribution in [0, 0.1) is 6.92 Å². The minimum Gasteiger partial charge on any atom is -0.381 e. The first kappa shape index (κ1) is 24.8. The third-order valence-electron chi connectivity index (χ3n) is 6.48. The van der Waals surface area contributed by atoms with Crippen LogP contribution in [0.3, 0.4) is 0 Å². The molecule has 1 amide bonds. The van der Waals surface area contributed by atoms with E-state index >= 15 is 0 Å². The number of amides is 1. The molecule has 192 valence electrons. The number of carbonyl (C=O) groups excluding carboxylic acids is 1. The normalized spacial score (nSPS) is 15.2. The number of nitrogens with two attached hydrogens (primary N) is 1. The second-order valence-corrected chi connectivity index (χ2v) is 10.0. The summed E-state index contributed by atoms with van der Waals surface area (Å²) in [7, 11) is 2.11. The summed E-state index contributed by atoms with van der Waals surface area (Å²) in [6.45, 7) is 5.79. The van der Waals surface area contributed by atoms with Crippen molar-refractivity contribution in [2.45, 2.75) is 12.7 Å². The molecule has 3 aromatic heterocycles. The second kappa shape index (κ2) is 10.2. The Bertz CT molecular complexity index is 1480. The van der Waals surface area contributed by atoms with Gasteiger partial charge < -0.3 is 25.4 Å². The van der Waals surface area contributed by atoms with Crippen molar-refractivity contribution in [2.75, 3.05) is 49.2 Å². The molecule has 1 unspecified atom stereocenters. The molecule has 1 fully saturated rings. The topological polar surface area (TPSA) is 142 Å². The van der Waals surface area contributed by atoms with Crippen LogP contribution in [-0.4, -0.2) is 72.1 Å². The number of rotatable bonds is 6. The van der Waals surface area contributed by atoms with Crippen LogP contribution in [0.2, 0.25) is 0 Å². The fourth-order valence-corrected chi connectivity index (χ4v) is 4.85. The minimum absolute atomic E-state index is 0.0158. The highest BCUT2D eigenvalue weighted by molar-refractivity contribution is 7.78. The maximum absolute atomic E-state index is 13.1. The number of hydrogen-bond donors (Lipinski definition) is 3. The Morgan fingerprint density at radius 2 is 1.92 bits per heavy atom. The van der Waals surface area contributed by atoms with Crippen molar-refractivity contribution in [2.24, 2.45) is 0 Å². The van der Waals surface area contributed by atoms with Gasteiger partial charge in [0.15, 0.2) is 22.5 Å². The van der Waals surface area contributed by atoms with Crippen molar-refractivity contribution in [3.63, 3.8) is 0 Å². The zero-order valence-corrected chi connectivity index (χ0v) is 21.4. The largest absolute Gasteiger partial charge is 0.381 e. The van der Waals surface area contributed by atoms with Crippen LogP contribution in [0.5, 0.6) is 0 Å². The van der Waals surface area contributed by atoms with Crippen LogP contribution >= 0.6 is 0 Å². The number of hydrogen-bond acceptors (Lipinski definition) is 8. The van der Waals surface area contributed by atoms with Gasteiger partial charge in [-0.3, -0.25) is 9.20 Å². The van der Waals surface area contributed by atoms with Crippen molar-refractivity contribution >= 4 is 40.0 Å². The van der Waals surface area contributed by atoms with Gasteiger partial charge in [-0.05, 0) is 43.3 Å². The Morgan fingerprint density at radius 1 is 1.14 bits per heavy atom. The molecule has 1 aromatic carbocycles. The zero-order valence-electron chi connectivity index (χ0n) is 20.6. The van der Waals surface area contributed by atoms with Gasteiger partial charge in [-0.25, -0.2) is 19.2 Å². The molecule has 4 aromatic rings. The van der Waals surface area contributed by atoms with Crippen molar-refractivity contribution in [1.29, 1.82) is 0 Å². The second-order valence-electron chi connectivity index (χ2n) is 9.11. The van der Waals surface area contributed by atoms with E-state index in [4.69, 9.17) is 5.73 Å². The number of piperazine rings is 1. The maximum atomic E-state index is 13.1. The van der Waals surface area contributed by atoms with Gasteiger partial charge in [0.25, 0.3) is 5.91 Å². The summed E-state index contributed by atoms with van der Waals surface area (Å²) in [6, 6.07) is 9.26. The molecule has 4 heterocycles. The fourth-order valence-electron chi connectivity index (χ4n) is 4.39. The van der Waals surface area contributed by atoms with Gasteiger partial charge >= 0.3 is 0 Å². The van der Waals surface area contributed by atoms with E-state index in [9.17, 15) is 13.6 Å². The fraction of sp³-hybridized carbons (Fsp3) is 0.280. The quantitative estimate of drug-likeness (QED) is 0.327.